The maximum absolute atomic E-state index is 12.9. The number of benzene rings is 1. The number of amides is 1. The lowest BCUT2D eigenvalue weighted by Gasteiger charge is -2.35. The highest BCUT2D eigenvalue weighted by Gasteiger charge is 2.51. The van der Waals surface area contributed by atoms with E-state index in [1.54, 1.807) is 12.1 Å². The Bertz CT molecular complexity index is 961. The van der Waals surface area contributed by atoms with E-state index in [0.29, 0.717) is 32.7 Å². The zero-order chi connectivity index (χ0) is 24.9. The van der Waals surface area contributed by atoms with Gasteiger partial charge in [0.2, 0.25) is 5.91 Å². The molecule has 2 aliphatic rings. The largest absolute Gasteiger partial charge is 0.421 e. The van der Waals surface area contributed by atoms with Crippen molar-refractivity contribution >= 4 is 33.9 Å². The molecule has 12 heteroatoms. The Balaban J connectivity index is 0.000000343. The van der Waals surface area contributed by atoms with Crippen LogP contribution in [0.25, 0.3) is 0 Å². The first-order valence-electron chi connectivity index (χ1n) is 10.8. The summed E-state index contributed by atoms with van der Waals surface area (Å²) in [4.78, 5) is 14.6. The zero-order valence-corrected chi connectivity index (χ0v) is 20.7. The van der Waals surface area contributed by atoms with Gasteiger partial charge in [-0.05, 0) is 43.1 Å². The first-order chi connectivity index (χ1) is 16.0. The molecule has 0 aliphatic carbocycles. The van der Waals surface area contributed by atoms with Crippen LogP contribution in [0.4, 0.5) is 18.9 Å². The Morgan fingerprint density at radius 1 is 1.06 bits per heavy atom. The maximum Gasteiger partial charge on any atom is 0.421 e. The molecule has 0 bridgehead atoms. The second-order valence-electron chi connectivity index (χ2n) is 8.30. The summed E-state index contributed by atoms with van der Waals surface area (Å²) < 4.78 is 53.9. The van der Waals surface area contributed by atoms with E-state index in [4.69, 9.17) is 0 Å². The topological polar surface area (TPSA) is 76.1 Å². The van der Waals surface area contributed by atoms with E-state index < -0.39 is 22.8 Å². The van der Waals surface area contributed by atoms with Crippen LogP contribution in [0.3, 0.4) is 0 Å². The Hall–Kier alpha value is -1.99. The number of nitrogens with one attached hydrogen (secondary N) is 1. The lowest BCUT2D eigenvalue weighted by atomic mass is 9.95. The number of aliphatic hydroxyl groups is 1. The monoisotopic (exact) mass is 518 g/mol. The van der Waals surface area contributed by atoms with Crippen LogP contribution >= 0.6 is 11.3 Å². The van der Waals surface area contributed by atoms with Gasteiger partial charge in [0.1, 0.15) is 15.2 Å². The first kappa shape index (κ1) is 26.6. The Labute approximate surface area is 203 Å². The molecule has 4 rings (SSSR count). The van der Waals surface area contributed by atoms with Crippen molar-refractivity contribution in [1.82, 2.24) is 14.5 Å². The quantitative estimate of drug-likeness (QED) is 0.650. The van der Waals surface area contributed by atoms with E-state index in [1.807, 2.05) is 38.7 Å². The van der Waals surface area contributed by atoms with Gasteiger partial charge in [0.25, 0.3) is 0 Å². The molecule has 2 saturated heterocycles. The second kappa shape index (κ2) is 11.2. The Morgan fingerprint density at radius 2 is 1.71 bits per heavy atom. The van der Waals surface area contributed by atoms with E-state index >= 15 is 0 Å². The summed E-state index contributed by atoms with van der Waals surface area (Å²) in [5.41, 5.74) is -2.28. The lowest BCUT2D eigenvalue weighted by Crippen LogP contribution is -2.46. The number of likely N-dealkylation sites (N-methyl/N-ethyl adjacent to an activating group) is 1. The van der Waals surface area contributed by atoms with Gasteiger partial charge in [-0.15, -0.1) is 11.3 Å². The zero-order valence-electron chi connectivity index (χ0n) is 19.0. The molecule has 0 saturated carbocycles. The molecule has 3 heterocycles. The van der Waals surface area contributed by atoms with Gasteiger partial charge in [0.05, 0.1) is 6.54 Å². The van der Waals surface area contributed by atoms with E-state index in [-0.39, 0.29) is 11.5 Å². The lowest BCUT2D eigenvalue weighted by molar-refractivity contribution is -0.258. The SMILES string of the molecule is CC(O)(c1ccc(N2CCN(S(=O)c3cccs3)CC2)cc1)C(F)(F)F.CN1CCNC(=O)C1. The number of carbonyl (C=O) groups excluding carboxylic acids is 1. The number of carbonyl (C=O) groups is 1. The summed E-state index contributed by atoms with van der Waals surface area (Å²) in [6, 6.07) is 9.49. The van der Waals surface area contributed by atoms with Crippen molar-refractivity contribution < 1.29 is 27.3 Å². The van der Waals surface area contributed by atoms with Crippen molar-refractivity contribution in [3.63, 3.8) is 0 Å². The Morgan fingerprint density at radius 3 is 2.18 bits per heavy atom. The van der Waals surface area contributed by atoms with Gasteiger partial charge in [-0.2, -0.15) is 13.2 Å². The molecule has 2 aliphatic heterocycles. The second-order valence-corrected chi connectivity index (χ2v) is 11.0. The van der Waals surface area contributed by atoms with E-state index in [1.165, 1.54) is 23.5 Å². The van der Waals surface area contributed by atoms with Crippen LogP contribution in [0.2, 0.25) is 0 Å². The van der Waals surface area contributed by atoms with Crippen LogP contribution in [0.1, 0.15) is 12.5 Å². The molecule has 1 aromatic carbocycles. The van der Waals surface area contributed by atoms with Gasteiger partial charge in [-0.1, -0.05) is 18.2 Å². The number of thiophene rings is 1. The van der Waals surface area contributed by atoms with Gasteiger partial charge in [0.15, 0.2) is 5.60 Å². The highest BCUT2D eigenvalue weighted by Crippen LogP contribution is 2.39. The third-order valence-electron chi connectivity index (χ3n) is 5.72. The standard InChI is InChI=1S/C17H19F3N2O2S2.C5H10N2O/c1-16(23,17(18,19)20)13-4-6-14(7-5-13)21-8-10-22(11-9-21)26(24)15-3-2-12-25-15;1-7-3-2-6-5(8)4-7/h2-7,12,23H,8-11H2,1H3;2-4H2,1H3,(H,6,8). The van der Waals surface area contributed by atoms with Crippen molar-refractivity contribution in [1.29, 1.82) is 0 Å². The Kier molecular flexibility index (Phi) is 8.74. The molecule has 1 aromatic heterocycles. The van der Waals surface area contributed by atoms with Crippen LogP contribution in [-0.4, -0.2) is 83.5 Å². The van der Waals surface area contributed by atoms with Gasteiger partial charge < -0.3 is 15.3 Å². The fourth-order valence-corrected chi connectivity index (χ4v) is 5.73. The van der Waals surface area contributed by atoms with Crippen LogP contribution in [0.5, 0.6) is 0 Å². The summed E-state index contributed by atoms with van der Waals surface area (Å²) in [6.45, 7) is 5.55. The summed E-state index contributed by atoms with van der Waals surface area (Å²) in [7, 11) is 0.775. The average molecular weight is 519 g/mol. The number of alkyl halides is 3. The molecule has 7 nitrogen and oxygen atoms in total. The number of rotatable bonds is 4. The number of nitrogens with zero attached hydrogens (tertiary/aromatic N) is 3. The fourth-order valence-electron chi connectivity index (χ4n) is 3.53. The van der Waals surface area contributed by atoms with Gasteiger partial charge in [-0.3, -0.25) is 9.69 Å². The highest BCUT2D eigenvalue weighted by atomic mass is 32.2. The molecule has 2 atom stereocenters. The summed E-state index contributed by atoms with van der Waals surface area (Å²) in [6.07, 6.45) is -4.73. The van der Waals surface area contributed by atoms with Crippen molar-refractivity contribution in [3.05, 3.63) is 47.3 Å². The van der Waals surface area contributed by atoms with E-state index in [2.05, 4.69) is 5.32 Å². The number of hydrogen-bond acceptors (Lipinski definition) is 6. The third kappa shape index (κ3) is 6.57. The molecule has 188 valence electrons. The van der Waals surface area contributed by atoms with E-state index in [9.17, 15) is 27.3 Å². The molecule has 2 fully saturated rings. The normalized spacial score (nSPS) is 20.6. The van der Waals surface area contributed by atoms with E-state index in [0.717, 1.165) is 29.9 Å². The fraction of sp³-hybridized carbons (Fsp3) is 0.500. The predicted octanol–water partition coefficient (Wildman–Crippen LogP) is 2.41. The summed E-state index contributed by atoms with van der Waals surface area (Å²) in [5, 5.41) is 14.4. The molecule has 2 N–H and O–H groups in total. The molecule has 34 heavy (non-hydrogen) atoms. The average Bonchev–Trinajstić information content (AvgIpc) is 3.33. The smallest absolute Gasteiger partial charge is 0.376 e. The van der Waals surface area contributed by atoms with Gasteiger partial charge >= 0.3 is 6.18 Å². The van der Waals surface area contributed by atoms with Gasteiger partial charge in [-0.25, -0.2) is 8.51 Å². The molecular weight excluding hydrogens is 489 g/mol. The molecule has 0 radical (unpaired) electrons. The third-order valence-corrected chi connectivity index (χ3v) is 8.41. The minimum absolute atomic E-state index is 0.138. The molecular formula is C22H29F3N4O3S2. The molecule has 2 unspecified atom stereocenters. The van der Waals surface area contributed by atoms with Crippen molar-refractivity contribution in [2.45, 2.75) is 22.9 Å². The summed E-state index contributed by atoms with van der Waals surface area (Å²) >= 11 is 1.46. The maximum atomic E-state index is 12.9. The molecule has 2 aromatic rings. The van der Waals surface area contributed by atoms with Crippen LogP contribution in [0.15, 0.2) is 46.0 Å². The molecule has 0 spiro atoms. The molecule has 1 amide bonds. The number of halogens is 3. The minimum Gasteiger partial charge on any atom is -0.376 e. The van der Waals surface area contributed by atoms with Crippen LogP contribution in [0, 0.1) is 0 Å². The van der Waals surface area contributed by atoms with Crippen molar-refractivity contribution in [2.75, 3.05) is 57.8 Å². The van der Waals surface area contributed by atoms with Crippen molar-refractivity contribution in [2.24, 2.45) is 0 Å². The summed E-state index contributed by atoms with van der Waals surface area (Å²) in [5.74, 6) is 0.138. The number of piperazine rings is 2. The minimum atomic E-state index is -4.73. The van der Waals surface area contributed by atoms with Gasteiger partial charge in [0, 0.05) is 45.0 Å². The van der Waals surface area contributed by atoms with Crippen molar-refractivity contribution in [3.8, 4) is 0 Å². The number of hydrogen-bond donors (Lipinski definition) is 2. The van der Waals surface area contributed by atoms with Crippen LogP contribution in [-0.2, 0) is 21.4 Å². The number of anilines is 1. The predicted molar refractivity (Wildman–Crippen MR) is 127 cm³/mol. The first-order valence-corrected chi connectivity index (χ1v) is 12.8. The van der Waals surface area contributed by atoms with Crippen LogP contribution < -0.4 is 10.2 Å². The highest BCUT2D eigenvalue weighted by molar-refractivity contribution is 7.85.